The van der Waals surface area contributed by atoms with E-state index in [-0.39, 0.29) is 12.6 Å². The van der Waals surface area contributed by atoms with Crippen LogP contribution in [-0.4, -0.2) is 25.2 Å². The molecule has 0 radical (unpaired) electrons. The summed E-state index contributed by atoms with van der Waals surface area (Å²) in [6.45, 7) is 4.32. The molecule has 0 atom stereocenters. The van der Waals surface area contributed by atoms with Gasteiger partial charge in [-0.15, -0.1) is 0 Å². The molecule has 7 heteroatoms. The van der Waals surface area contributed by atoms with E-state index in [4.69, 9.17) is 4.74 Å². The van der Waals surface area contributed by atoms with E-state index < -0.39 is 29.0 Å². The van der Waals surface area contributed by atoms with Gasteiger partial charge in [-0.3, -0.25) is 4.79 Å². The highest BCUT2D eigenvalue weighted by Crippen LogP contribution is 2.32. The predicted molar refractivity (Wildman–Crippen MR) is 69.4 cm³/mol. The second kappa shape index (κ2) is 7.40. The first-order valence-corrected chi connectivity index (χ1v) is 6.49. The summed E-state index contributed by atoms with van der Waals surface area (Å²) in [6, 6.07) is 2.62. The number of nitrogens with one attached hydrogen (secondary N) is 1. The van der Waals surface area contributed by atoms with E-state index >= 15 is 0 Å². The van der Waals surface area contributed by atoms with Crippen molar-refractivity contribution >= 4 is 5.91 Å². The molecule has 1 rings (SSSR count). The topological polar surface area (TPSA) is 38.3 Å². The molecule has 0 aliphatic rings. The molecule has 1 amide bonds. The highest BCUT2D eigenvalue weighted by molar-refractivity contribution is 5.94. The lowest BCUT2D eigenvalue weighted by molar-refractivity contribution is -0.140. The van der Waals surface area contributed by atoms with Gasteiger partial charge in [0.1, 0.15) is 5.82 Å². The normalized spacial score (nSPS) is 11.8. The van der Waals surface area contributed by atoms with Crippen LogP contribution in [0, 0.1) is 5.82 Å². The molecule has 3 nitrogen and oxygen atoms in total. The zero-order chi connectivity index (χ0) is 16.0. The van der Waals surface area contributed by atoms with Crippen molar-refractivity contribution < 1.29 is 27.1 Å². The van der Waals surface area contributed by atoms with Crippen LogP contribution in [0.25, 0.3) is 0 Å². The van der Waals surface area contributed by atoms with E-state index in [9.17, 15) is 22.4 Å². The van der Waals surface area contributed by atoms with Gasteiger partial charge in [-0.2, -0.15) is 13.2 Å². The molecule has 1 aromatic carbocycles. The smallest absolute Gasteiger partial charge is 0.379 e. The molecule has 0 aromatic heterocycles. The SMILES string of the molecule is CC(C)OCCCNC(=O)c1cccc(C(F)(F)F)c1F. The van der Waals surface area contributed by atoms with Crippen molar-refractivity contribution in [3.63, 3.8) is 0 Å². The Morgan fingerprint density at radius 3 is 2.57 bits per heavy atom. The third-order valence-corrected chi connectivity index (χ3v) is 2.61. The average Bonchev–Trinajstić information content (AvgIpc) is 2.36. The maximum absolute atomic E-state index is 13.7. The fourth-order valence-electron chi connectivity index (χ4n) is 1.61. The number of hydrogen-bond acceptors (Lipinski definition) is 2. The lowest BCUT2D eigenvalue weighted by Gasteiger charge is -2.11. The van der Waals surface area contributed by atoms with Crippen molar-refractivity contribution in [3.05, 3.63) is 35.1 Å². The van der Waals surface area contributed by atoms with Crippen LogP contribution in [0.4, 0.5) is 17.6 Å². The van der Waals surface area contributed by atoms with Crippen LogP contribution in [0.3, 0.4) is 0 Å². The Bertz CT molecular complexity index is 486. The van der Waals surface area contributed by atoms with Crippen molar-refractivity contribution in [1.82, 2.24) is 5.32 Å². The molecule has 0 spiro atoms. The van der Waals surface area contributed by atoms with Crippen LogP contribution >= 0.6 is 0 Å². The van der Waals surface area contributed by atoms with Crippen molar-refractivity contribution in [2.45, 2.75) is 32.5 Å². The van der Waals surface area contributed by atoms with Crippen LogP contribution in [0.2, 0.25) is 0 Å². The number of hydrogen-bond donors (Lipinski definition) is 1. The van der Waals surface area contributed by atoms with E-state index in [1.54, 1.807) is 0 Å². The monoisotopic (exact) mass is 307 g/mol. The van der Waals surface area contributed by atoms with Crippen LogP contribution in [-0.2, 0) is 10.9 Å². The Balaban J connectivity index is 2.63. The lowest BCUT2D eigenvalue weighted by atomic mass is 10.1. The molecule has 118 valence electrons. The average molecular weight is 307 g/mol. The number of ether oxygens (including phenoxy) is 1. The first-order valence-electron chi connectivity index (χ1n) is 6.49. The zero-order valence-corrected chi connectivity index (χ0v) is 11.8. The molecule has 1 aromatic rings. The van der Waals surface area contributed by atoms with Gasteiger partial charge in [0.2, 0.25) is 0 Å². The summed E-state index contributed by atoms with van der Waals surface area (Å²) in [5, 5.41) is 2.37. The number of carbonyl (C=O) groups excluding carboxylic acids is 1. The Morgan fingerprint density at radius 1 is 1.33 bits per heavy atom. The minimum absolute atomic E-state index is 0.0570. The number of halogens is 4. The van der Waals surface area contributed by atoms with Crippen LogP contribution in [0.15, 0.2) is 18.2 Å². The van der Waals surface area contributed by atoms with E-state index in [1.807, 2.05) is 13.8 Å². The minimum atomic E-state index is -4.83. The molecule has 0 aliphatic carbocycles. The summed E-state index contributed by atoms with van der Waals surface area (Å²) in [4.78, 5) is 11.7. The zero-order valence-electron chi connectivity index (χ0n) is 11.8. The number of rotatable bonds is 6. The van der Waals surface area contributed by atoms with E-state index in [0.29, 0.717) is 19.1 Å². The molecule has 0 fully saturated rings. The molecule has 0 bridgehead atoms. The van der Waals surface area contributed by atoms with Gasteiger partial charge in [0, 0.05) is 13.2 Å². The fraction of sp³-hybridized carbons (Fsp3) is 0.500. The first-order chi connectivity index (χ1) is 9.73. The molecule has 0 saturated heterocycles. The summed E-state index contributed by atoms with van der Waals surface area (Å²) >= 11 is 0. The highest BCUT2D eigenvalue weighted by Gasteiger charge is 2.35. The first kappa shape index (κ1) is 17.4. The van der Waals surface area contributed by atoms with Gasteiger partial charge in [-0.1, -0.05) is 6.07 Å². The Kier molecular flexibility index (Phi) is 6.14. The fourth-order valence-corrected chi connectivity index (χ4v) is 1.61. The molecular weight excluding hydrogens is 290 g/mol. The van der Waals surface area contributed by atoms with Crippen LogP contribution in [0.1, 0.15) is 36.2 Å². The lowest BCUT2D eigenvalue weighted by Crippen LogP contribution is -2.27. The van der Waals surface area contributed by atoms with Gasteiger partial charge >= 0.3 is 6.18 Å². The standard InChI is InChI=1S/C14H17F4NO2/c1-9(2)21-8-4-7-19-13(20)10-5-3-6-11(12(10)15)14(16,17)18/h3,5-6,9H,4,7-8H2,1-2H3,(H,19,20). The highest BCUT2D eigenvalue weighted by atomic mass is 19.4. The number of alkyl halides is 3. The summed E-state index contributed by atoms with van der Waals surface area (Å²) < 4.78 is 56.5. The van der Waals surface area contributed by atoms with Crippen molar-refractivity contribution in [2.75, 3.05) is 13.2 Å². The quantitative estimate of drug-likeness (QED) is 0.646. The molecule has 0 unspecified atom stereocenters. The van der Waals surface area contributed by atoms with Crippen molar-refractivity contribution in [3.8, 4) is 0 Å². The number of carbonyl (C=O) groups is 1. The van der Waals surface area contributed by atoms with Crippen molar-refractivity contribution in [1.29, 1.82) is 0 Å². The molecular formula is C14H17F4NO2. The molecule has 0 heterocycles. The Labute approximate surface area is 120 Å². The van der Waals surface area contributed by atoms with Gasteiger partial charge < -0.3 is 10.1 Å². The Hall–Kier alpha value is -1.63. The molecule has 0 saturated carbocycles. The summed E-state index contributed by atoms with van der Waals surface area (Å²) in [5.74, 6) is -2.43. The molecule has 1 N–H and O–H groups in total. The van der Waals surface area contributed by atoms with Crippen LogP contribution < -0.4 is 5.32 Å². The van der Waals surface area contributed by atoms with Crippen LogP contribution in [0.5, 0.6) is 0 Å². The van der Waals surface area contributed by atoms with E-state index in [1.165, 1.54) is 0 Å². The third-order valence-electron chi connectivity index (χ3n) is 2.61. The van der Waals surface area contributed by atoms with Gasteiger partial charge in [-0.25, -0.2) is 4.39 Å². The number of benzene rings is 1. The second-order valence-electron chi connectivity index (χ2n) is 4.69. The van der Waals surface area contributed by atoms with Crippen molar-refractivity contribution in [2.24, 2.45) is 0 Å². The Morgan fingerprint density at radius 2 is 2.00 bits per heavy atom. The largest absolute Gasteiger partial charge is 0.419 e. The van der Waals surface area contributed by atoms with E-state index in [2.05, 4.69) is 5.32 Å². The van der Waals surface area contributed by atoms with Gasteiger partial charge in [0.15, 0.2) is 0 Å². The summed E-state index contributed by atoms with van der Waals surface area (Å²) in [7, 11) is 0. The minimum Gasteiger partial charge on any atom is -0.379 e. The number of amides is 1. The summed E-state index contributed by atoms with van der Waals surface area (Å²) in [6.07, 6.45) is -4.28. The third kappa shape index (κ3) is 5.34. The summed E-state index contributed by atoms with van der Waals surface area (Å²) in [5.41, 5.74) is -2.06. The molecule has 21 heavy (non-hydrogen) atoms. The predicted octanol–water partition coefficient (Wildman–Crippen LogP) is 3.39. The van der Waals surface area contributed by atoms with Gasteiger partial charge in [-0.05, 0) is 32.4 Å². The van der Waals surface area contributed by atoms with Gasteiger partial charge in [0.25, 0.3) is 5.91 Å². The van der Waals surface area contributed by atoms with E-state index in [0.717, 1.165) is 12.1 Å². The maximum Gasteiger partial charge on any atom is 0.419 e. The second-order valence-corrected chi connectivity index (χ2v) is 4.69. The van der Waals surface area contributed by atoms with Gasteiger partial charge in [0.05, 0.1) is 17.2 Å². The molecule has 0 aliphatic heterocycles. The maximum atomic E-state index is 13.7.